The Morgan fingerprint density at radius 1 is 1.75 bits per heavy atom. The maximum atomic E-state index is 8.61. The van der Waals surface area contributed by atoms with Crippen LogP contribution in [0.15, 0.2) is 0 Å². The zero-order valence-electron chi connectivity index (χ0n) is 4.88. The third kappa shape index (κ3) is 1.04. The second-order valence-electron chi connectivity index (χ2n) is 2.22. The lowest BCUT2D eigenvalue weighted by atomic mass is 10.2. The van der Waals surface area contributed by atoms with Gasteiger partial charge in [-0.25, -0.2) is 0 Å². The standard InChI is InChI=1S/C5H10BNO/c6-7-3-1-2-5(7)4-8/h5,8H,1-4H2. The highest BCUT2D eigenvalue weighted by Gasteiger charge is 2.18. The number of rotatable bonds is 1. The van der Waals surface area contributed by atoms with Gasteiger partial charge < -0.3 is 9.92 Å². The molecule has 0 aromatic rings. The number of aliphatic hydroxyl groups is 1. The predicted octanol–water partition coefficient (Wildman–Crippen LogP) is -0.473. The maximum absolute atomic E-state index is 8.61. The highest BCUT2D eigenvalue weighted by Crippen LogP contribution is 2.12. The molecule has 2 radical (unpaired) electrons. The number of hydrogen-bond acceptors (Lipinski definition) is 2. The van der Waals surface area contributed by atoms with Gasteiger partial charge in [0.2, 0.25) is 0 Å². The molecule has 0 bridgehead atoms. The van der Waals surface area contributed by atoms with Crippen LogP contribution in [0.5, 0.6) is 0 Å². The number of hydrogen-bond donors (Lipinski definition) is 1. The summed E-state index contributed by atoms with van der Waals surface area (Å²) in [5.41, 5.74) is 0. The zero-order chi connectivity index (χ0) is 5.98. The van der Waals surface area contributed by atoms with Gasteiger partial charge in [0.1, 0.15) is 0 Å². The summed E-state index contributed by atoms with van der Waals surface area (Å²) in [7, 11) is 5.46. The maximum Gasteiger partial charge on any atom is 0.182 e. The Morgan fingerprint density at radius 3 is 2.75 bits per heavy atom. The first kappa shape index (κ1) is 6.11. The van der Waals surface area contributed by atoms with Crippen molar-refractivity contribution in [3.63, 3.8) is 0 Å². The van der Waals surface area contributed by atoms with Gasteiger partial charge in [0.25, 0.3) is 0 Å². The van der Waals surface area contributed by atoms with Crippen LogP contribution in [0, 0.1) is 0 Å². The van der Waals surface area contributed by atoms with Crippen molar-refractivity contribution < 1.29 is 5.11 Å². The topological polar surface area (TPSA) is 23.5 Å². The minimum atomic E-state index is 0.205. The lowest BCUT2D eigenvalue weighted by Crippen LogP contribution is -2.29. The van der Waals surface area contributed by atoms with Crippen molar-refractivity contribution in [2.24, 2.45) is 0 Å². The molecule has 0 spiro atoms. The van der Waals surface area contributed by atoms with E-state index in [0.29, 0.717) is 0 Å². The lowest BCUT2D eigenvalue weighted by Gasteiger charge is -2.15. The van der Waals surface area contributed by atoms with E-state index in [9.17, 15) is 0 Å². The average Bonchev–Trinajstić information content (AvgIpc) is 2.14. The van der Waals surface area contributed by atoms with Gasteiger partial charge in [-0.1, -0.05) is 0 Å². The second-order valence-corrected chi connectivity index (χ2v) is 2.22. The molecule has 1 atom stereocenters. The van der Waals surface area contributed by atoms with Crippen molar-refractivity contribution in [3.8, 4) is 0 Å². The van der Waals surface area contributed by atoms with E-state index in [0.717, 1.165) is 19.4 Å². The molecular weight excluding hydrogens is 101 g/mol. The van der Waals surface area contributed by atoms with Gasteiger partial charge in [-0.05, 0) is 19.4 Å². The molecule has 8 heavy (non-hydrogen) atoms. The smallest absolute Gasteiger partial charge is 0.182 e. The molecule has 1 unspecified atom stereocenters. The van der Waals surface area contributed by atoms with Gasteiger partial charge in [-0.3, -0.25) is 0 Å². The van der Waals surface area contributed by atoms with Crippen molar-refractivity contribution in [1.29, 1.82) is 0 Å². The molecule has 2 nitrogen and oxygen atoms in total. The van der Waals surface area contributed by atoms with Gasteiger partial charge in [-0.2, -0.15) is 0 Å². The molecule has 0 aromatic heterocycles. The first-order valence-corrected chi connectivity index (χ1v) is 2.97. The monoisotopic (exact) mass is 111 g/mol. The molecule has 1 rings (SSSR count). The van der Waals surface area contributed by atoms with E-state index in [2.05, 4.69) is 0 Å². The summed E-state index contributed by atoms with van der Waals surface area (Å²) in [4.78, 5) is 1.71. The predicted molar refractivity (Wildman–Crippen MR) is 32.6 cm³/mol. The lowest BCUT2D eigenvalue weighted by molar-refractivity contribution is 0.217. The summed E-state index contributed by atoms with van der Waals surface area (Å²) < 4.78 is 0. The molecule has 1 N–H and O–H groups in total. The van der Waals surface area contributed by atoms with Crippen LogP contribution in [0.1, 0.15) is 12.8 Å². The van der Waals surface area contributed by atoms with Gasteiger partial charge in [0.15, 0.2) is 7.98 Å². The van der Waals surface area contributed by atoms with Gasteiger partial charge >= 0.3 is 0 Å². The van der Waals surface area contributed by atoms with Crippen LogP contribution >= 0.6 is 0 Å². The van der Waals surface area contributed by atoms with Crippen LogP contribution in [0.25, 0.3) is 0 Å². The summed E-state index contributed by atoms with van der Waals surface area (Å²) in [5, 5.41) is 8.61. The molecule has 0 aromatic carbocycles. The van der Waals surface area contributed by atoms with Crippen molar-refractivity contribution >= 4 is 7.98 Å². The SMILES string of the molecule is [B]N1CCCC1CO. The minimum absolute atomic E-state index is 0.205. The Kier molecular flexibility index (Phi) is 1.92. The van der Waals surface area contributed by atoms with Crippen LogP contribution in [-0.2, 0) is 0 Å². The second kappa shape index (κ2) is 2.51. The fourth-order valence-electron chi connectivity index (χ4n) is 1.05. The molecule has 3 heteroatoms. The van der Waals surface area contributed by atoms with Crippen LogP contribution in [-0.4, -0.2) is 37.1 Å². The third-order valence-electron chi connectivity index (χ3n) is 1.63. The van der Waals surface area contributed by atoms with Crippen molar-refractivity contribution in [3.05, 3.63) is 0 Å². The first-order chi connectivity index (χ1) is 3.84. The van der Waals surface area contributed by atoms with E-state index in [-0.39, 0.29) is 12.6 Å². The molecule has 0 aliphatic carbocycles. The normalized spacial score (nSPS) is 31.4. The molecule has 44 valence electrons. The fraction of sp³-hybridized carbons (Fsp3) is 1.00. The number of nitrogens with zero attached hydrogens (tertiary/aromatic N) is 1. The summed E-state index contributed by atoms with van der Waals surface area (Å²) >= 11 is 0. The summed E-state index contributed by atoms with van der Waals surface area (Å²) in [5.74, 6) is 0. The van der Waals surface area contributed by atoms with E-state index in [1.165, 1.54) is 0 Å². The third-order valence-corrected chi connectivity index (χ3v) is 1.63. The zero-order valence-corrected chi connectivity index (χ0v) is 4.88. The summed E-state index contributed by atoms with van der Waals surface area (Å²) in [6.45, 7) is 1.14. The Labute approximate surface area is 50.9 Å². The quantitative estimate of drug-likeness (QED) is 0.462. The van der Waals surface area contributed by atoms with Gasteiger partial charge in [0.05, 0.1) is 6.61 Å². The van der Waals surface area contributed by atoms with Gasteiger partial charge in [0, 0.05) is 6.04 Å². The summed E-state index contributed by atoms with van der Waals surface area (Å²) in [6.07, 6.45) is 2.18. The molecule has 1 heterocycles. The molecule has 1 saturated heterocycles. The molecule has 1 aliphatic rings. The molecule has 0 saturated carbocycles. The molecular formula is C5H10BNO. The largest absolute Gasteiger partial charge is 0.395 e. The van der Waals surface area contributed by atoms with Crippen LogP contribution in [0.3, 0.4) is 0 Å². The van der Waals surface area contributed by atoms with Crippen molar-refractivity contribution in [2.45, 2.75) is 18.9 Å². The van der Waals surface area contributed by atoms with E-state index < -0.39 is 0 Å². The molecule has 0 amide bonds. The van der Waals surface area contributed by atoms with E-state index in [1.807, 2.05) is 0 Å². The van der Waals surface area contributed by atoms with Crippen molar-refractivity contribution in [1.82, 2.24) is 4.81 Å². The molecule has 1 aliphatic heterocycles. The highest BCUT2D eigenvalue weighted by molar-refractivity contribution is 6.04. The average molecular weight is 111 g/mol. The molecule has 1 fully saturated rings. The van der Waals surface area contributed by atoms with E-state index in [4.69, 9.17) is 13.1 Å². The summed E-state index contributed by atoms with van der Waals surface area (Å²) in [6, 6.07) is 0.231. The van der Waals surface area contributed by atoms with Crippen LogP contribution in [0.2, 0.25) is 0 Å². The Bertz CT molecular complexity index is 78.8. The van der Waals surface area contributed by atoms with Crippen LogP contribution < -0.4 is 0 Å². The minimum Gasteiger partial charge on any atom is -0.395 e. The Hall–Kier alpha value is -0.0151. The van der Waals surface area contributed by atoms with Crippen LogP contribution in [0.4, 0.5) is 0 Å². The van der Waals surface area contributed by atoms with E-state index >= 15 is 0 Å². The highest BCUT2D eigenvalue weighted by atomic mass is 16.3. The van der Waals surface area contributed by atoms with Gasteiger partial charge in [-0.15, -0.1) is 0 Å². The Balaban J connectivity index is 2.30. The first-order valence-electron chi connectivity index (χ1n) is 2.97. The van der Waals surface area contributed by atoms with E-state index in [1.54, 1.807) is 4.81 Å². The fourth-order valence-corrected chi connectivity index (χ4v) is 1.05. The van der Waals surface area contributed by atoms with Crippen molar-refractivity contribution in [2.75, 3.05) is 13.2 Å². The Morgan fingerprint density at radius 2 is 2.50 bits per heavy atom. The number of aliphatic hydroxyl groups excluding tert-OH is 1.